The Morgan fingerprint density at radius 1 is 1.60 bits per heavy atom. The highest BCUT2D eigenvalue weighted by Gasteiger charge is 2.44. The molecule has 2 rings (SSSR count). The molecular formula is C7H13BO2. The van der Waals surface area contributed by atoms with Gasteiger partial charge in [-0.3, -0.25) is 0 Å². The minimum absolute atomic E-state index is 0.141. The Bertz CT molecular complexity index is 147. The zero-order valence-electron chi connectivity index (χ0n) is 6.59. The average molecular weight is 140 g/mol. The predicted octanol–water partition coefficient (Wildman–Crippen LogP) is -0.0865. The summed E-state index contributed by atoms with van der Waals surface area (Å²) in [7, 11) is 2.10. The van der Waals surface area contributed by atoms with Crippen molar-refractivity contribution in [3.05, 3.63) is 0 Å². The molecule has 2 nitrogen and oxygen atoms in total. The topological polar surface area (TPSA) is 18.5 Å². The van der Waals surface area contributed by atoms with Crippen LogP contribution < -0.4 is 0 Å². The molecule has 0 spiro atoms. The molecule has 2 saturated heterocycles. The van der Waals surface area contributed by atoms with Crippen LogP contribution in [0.15, 0.2) is 0 Å². The molecule has 0 aliphatic carbocycles. The lowest BCUT2D eigenvalue weighted by Gasteiger charge is -2.26. The van der Waals surface area contributed by atoms with E-state index in [0.29, 0.717) is 12.1 Å². The van der Waals surface area contributed by atoms with Gasteiger partial charge in [0.25, 0.3) is 0 Å². The molecule has 0 radical (unpaired) electrons. The lowest BCUT2D eigenvalue weighted by atomic mass is 9.89. The van der Waals surface area contributed by atoms with Crippen molar-refractivity contribution >= 4 is 7.85 Å². The Kier molecular flexibility index (Phi) is 1.33. The van der Waals surface area contributed by atoms with Crippen LogP contribution in [-0.2, 0) is 9.47 Å². The zero-order chi connectivity index (χ0) is 7.19. The highest BCUT2D eigenvalue weighted by atomic mass is 16.6. The van der Waals surface area contributed by atoms with Crippen molar-refractivity contribution in [2.24, 2.45) is 0 Å². The van der Waals surface area contributed by atoms with Gasteiger partial charge in [-0.25, -0.2) is 0 Å². The van der Waals surface area contributed by atoms with Crippen molar-refractivity contribution in [2.45, 2.75) is 37.5 Å². The Hall–Kier alpha value is -0.0151. The van der Waals surface area contributed by atoms with E-state index in [1.807, 2.05) is 0 Å². The van der Waals surface area contributed by atoms with E-state index in [2.05, 4.69) is 14.8 Å². The van der Waals surface area contributed by atoms with Gasteiger partial charge in [0.15, 0.2) is 0 Å². The Labute approximate surface area is 62.3 Å². The summed E-state index contributed by atoms with van der Waals surface area (Å²) in [6.45, 7) is 3.07. The molecule has 0 aromatic rings. The minimum Gasteiger partial charge on any atom is -0.378 e. The van der Waals surface area contributed by atoms with E-state index in [-0.39, 0.29) is 5.60 Å². The van der Waals surface area contributed by atoms with Crippen LogP contribution in [0.5, 0.6) is 0 Å². The third-order valence-corrected chi connectivity index (χ3v) is 2.59. The standard InChI is InChI=1S/C7H13BO2/c1-7-2-3-9-5(4-7)6(8)10-7/h5-6H,2-4,8H2,1H3/t5?,6?,7-/m0/s1. The van der Waals surface area contributed by atoms with Gasteiger partial charge in [-0.05, 0) is 13.3 Å². The van der Waals surface area contributed by atoms with Gasteiger partial charge in [0.1, 0.15) is 7.85 Å². The maximum atomic E-state index is 5.75. The van der Waals surface area contributed by atoms with Gasteiger partial charge in [0.05, 0.1) is 17.7 Å². The van der Waals surface area contributed by atoms with E-state index < -0.39 is 0 Å². The number of rotatable bonds is 0. The monoisotopic (exact) mass is 140 g/mol. The lowest BCUT2D eigenvalue weighted by molar-refractivity contribution is -0.0123. The fraction of sp³-hybridized carbons (Fsp3) is 1.00. The second-order valence-corrected chi connectivity index (χ2v) is 3.64. The summed E-state index contributed by atoms with van der Waals surface area (Å²) in [5, 5.41) is 0. The fourth-order valence-electron chi connectivity index (χ4n) is 1.95. The van der Waals surface area contributed by atoms with Gasteiger partial charge < -0.3 is 9.47 Å². The summed E-state index contributed by atoms with van der Waals surface area (Å²) < 4.78 is 11.3. The third kappa shape index (κ3) is 0.885. The molecule has 2 heterocycles. The Morgan fingerprint density at radius 3 is 3.00 bits per heavy atom. The van der Waals surface area contributed by atoms with Crippen molar-refractivity contribution in [1.82, 2.24) is 0 Å². The van der Waals surface area contributed by atoms with Crippen molar-refractivity contribution in [3.8, 4) is 0 Å². The second kappa shape index (κ2) is 1.99. The summed E-state index contributed by atoms with van der Waals surface area (Å²) in [4.78, 5) is 0. The maximum absolute atomic E-state index is 5.75. The number of hydrogen-bond donors (Lipinski definition) is 0. The molecule has 10 heavy (non-hydrogen) atoms. The van der Waals surface area contributed by atoms with Gasteiger partial charge >= 0.3 is 0 Å². The number of ether oxygens (including phenoxy) is 2. The van der Waals surface area contributed by atoms with Crippen molar-refractivity contribution in [3.63, 3.8) is 0 Å². The van der Waals surface area contributed by atoms with Gasteiger partial charge in [-0.2, -0.15) is 0 Å². The molecule has 56 valence electrons. The molecule has 0 N–H and O–H groups in total. The Morgan fingerprint density at radius 2 is 2.40 bits per heavy atom. The molecule has 0 saturated carbocycles. The lowest BCUT2D eigenvalue weighted by Crippen LogP contribution is -2.31. The first kappa shape index (κ1) is 6.68. The largest absolute Gasteiger partial charge is 0.378 e. The minimum atomic E-state index is 0.141. The molecule has 2 aliphatic rings. The first-order chi connectivity index (χ1) is 4.70. The van der Waals surface area contributed by atoms with Crippen LogP contribution in [0.3, 0.4) is 0 Å². The predicted molar refractivity (Wildman–Crippen MR) is 40.8 cm³/mol. The highest BCUT2D eigenvalue weighted by molar-refractivity contribution is 6.11. The van der Waals surface area contributed by atoms with Crippen molar-refractivity contribution in [2.75, 3.05) is 6.61 Å². The molecule has 2 fully saturated rings. The van der Waals surface area contributed by atoms with E-state index in [9.17, 15) is 0 Å². The van der Waals surface area contributed by atoms with Crippen LogP contribution in [0.2, 0.25) is 0 Å². The summed E-state index contributed by atoms with van der Waals surface area (Å²) in [6.07, 6.45) is 2.53. The first-order valence-electron chi connectivity index (χ1n) is 3.99. The average Bonchev–Trinajstić information content (AvgIpc) is 2.03. The van der Waals surface area contributed by atoms with Crippen molar-refractivity contribution < 1.29 is 9.47 Å². The van der Waals surface area contributed by atoms with E-state index in [4.69, 9.17) is 9.47 Å². The van der Waals surface area contributed by atoms with E-state index in [1.54, 1.807) is 0 Å². The molecule has 0 amide bonds. The fourth-order valence-corrected chi connectivity index (χ4v) is 1.95. The molecule has 2 bridgehead atoms. The van der Waals surface area contributed by atoms with Crippen LogP contribution in [0.1, 0.15) is 19.8 Å². The molecule has 2 aliphatic heterocycles. The van der Waals surface area contributed by atoms with Crippen molar-refractivity contribution in [1.29, 1.82) is 0 Å². The van der Waals surface area contributed by atoms with Crippen LogP contribution in [-0.4, -0.2) is 32.2 Å². The van der Waals surface area contributed by atoms with Gasteiger partial charge in [0.2, 0.25) is 0 Å². The first-order valence-corrected chi connectivity index (χ1v) is 3.99. The molecule has 3 atom stereocenters. The van der Waals surface area contributed by atoms with E-state index >= 15 is 0 Å². The highest BCUT2D eigenvalue weighted by Crippen LogP contribution is 2.37. The maximum Gasteiger partial charge on any atom is 0.142 e. The molecule has 0 aromatic heterocycles. The van der Waals surface area contributed by atoms with Crippen LogP contribution in [0, 0.1) is 0 Å². The zero-order valence-corrected chi connectivity index (χ0v) is 6.59. The van der Waals surface area contributed by atoms with Gasteiger partial charge in [-0.15, -0.1) is 0 Å². The second-order valence-electron chi connectivity index (χ2n) is 3.64. The van der Waals surface area contributed by atoms with Crippen LogP contribution in [0.4, 0.5) is 0 Å². The van der Waals surface area contributed by atoms with Gasteiger partial charge in [-0.1, -0.05) is 0 Å². The summed E-state index contributed by atoms with van der Waals surface area (Å²) in [5.74, 6) is 0. The molecule has 3 heteroatoms. The molecule has 2 unspecified atom stereocenters. The summed E-state index contributed by atoms with van der Waals surface area (Å²) in [6, 6.07) is 0.312. The molecule has 0 aromatic carbocycles. The van der Waals surface area contributed by atoms with E-state index in [1.165, 1.54) is 0 Å². The molecular weight excluding hydrogens is 127 g/mol. The third-order valence-electron chi connectivity index (χ3n) is 2.59. The quantitative estimate of drug-likeness (QED) is 0.438. The van der Waals surface area contributed by atoms with Crippen LogP contribution >= 0.6 is 0 Å². The van der Waals surface area contributed by atoms with E-state index in [0.717, 1.165) is 19.4 Å². The Balaban J connectivity index is 2.16. The SMILES string of the molecule is BC1O[C@@]2(C)CCOC1C2. The smallest absolute Gasteiger partial charge is 0.142 e. The number of fused-ring (bicyclic) bond motifs is 2. The normalized spacial score (nSPS) is 53.3. The van der Waals surface area contributed by atoms with Crippen LogP contribution in [0.25, 0.3) is 0 Å². The summed E-state index contributed by atoms with van der Waals surface area (Å²) >= 11 is 0. The summed E-state index contributed by atoms with van der Waals surface area (Å²) in [5.41, 5.74) is 0.141. The van der Waals surface area contributed by atoms with Gasteiger partial charge in [0, 0.05) is 13.0 Å². The number of hydrogen-bond acceptors (Lipinski definition) is 2.